The van der Waals surface area contributed by atoms with Gasteiger partial charge in [-0.05, 0) is 90.0 Å². The van der Waals surface area contributed by atoms with Crippen LogP contribution in [-0.2, 0) is 0 Å². The van der Waals surface area contributed by atoms with Crippen LogP contribution in [0.5, 0.6) is 11.5 Å². The van der Waals surface area contributed by atoms with Gasteiger partial charge in [0.25, 0.3) is 0 Å². The highest BCUT2D eigenvalue weighted by Gasteiger charge is 2.43. The van der Waals surface area contributed by atoms with Crippen LogP contribution in [0.4, 0.5) is 5.69 Å². The van der Waals surface area contributed by atoms with Gasteiger partial charge in [-0.25, -0.2) is 0 Å². The number of nitrogens with zero attached hydrogens (tertiary/aromatic N) is 3. The minimum Gasteiger partial charge on any atom is -0.497 e. The molecule has 0 unspecified atom stereocenters. The van der Waals surface area contributed by atoms with Crippen LogP contribution < -0.4 is 19.7 Å². The van der Waals surface area contributed by atoms with Crippen molar-refractivity contribution in [2.45, 2.75) is 25.9 Å². The number of methoxy groups -OCH3 is 2. The predicted octanol–water partition coefficient (Wildman–Crippen LogP) is 6.45. The molecule has 1 fully saturated rings. The molecule has 3 heterocycles. The molecule has 0 radical (unpaired) electrons. The van der Waals surface area contributed by atoms with Crippen molar-refractivity contribution in [3.63, 3.8) is 0 Å². The number of rotatable bonds is 6. The van der Waals surface area contributed by atoms with Crippen LogP contribution in [0.1, 0.15) is 34.7 Å². The molecule has 1 N–H and O–H groups in total. The fourth-order valence-electron chi connectivity index (χ4n) is 5.01. The van der Waals surface area contributed by atoms with Crippen molar-refractivity contribution in [3.8, 4) is 17.2 Å². The second kappa shape index (κ2) is 9.95. The maximum absolute atomic E-state index is 5.93. The van der Waals surface area contributed by atoms with Crippen molar-refractivity contribution in [2.24, 2.45) is 0 Å². The fourth-order valence-corrected chi connectivity index (χ4v) is 5.81. The first kappa shape index (κ1) is 24.3. The summed E-state index contributed by atoms with van der Waals surface area (Å²) in [5.74, 6) is 1.41. The summed E-state index contributed by atoms with van der Waals surface area (Å²) >= 11 is 9.66. The summed E-state index contributed by atoms with van der Waals surface area (Å²) in [6, 6.07) is 22.0. The molecule has 184 valence electrons. The number of thiocarbonyl (C=S) groups is 1. The molecule has 36 heavy (non-hydrogen) atoms. The van der Waals surface area contributed by atoms with Crippen molar-refractivity contribution >= 4 is 38.9 Å². The Morgan fingerprint density at radius 1 is 0.944 bits per heavy atom. The maximum atomic E-state index is 5.93. The lowest BCUT2D eigenvalue weighted by Crippen LogP contribution is -2.30. The van der Waals surface area contributed by atoms with E-state index in [-0.39, 0.29) is 12.1 Å². The minimum absolute atomic E-state index is 0.154. The molecule has 1 saturated heterocycles. The van der Waals surface area contributed by atoms with E-state index in [2.05, 4.69) is 73.8 Å². The van der Waals surface area contributed by atoms with E-state index in [1.165, 1.54) is 0 Å². The van der Waals surface area contributed by atoms with E-state index >= 15 is 0 Å². The smallest absolute Gasteiger partial charge is 0.174 e. The van der Waals surface area contributed by atoms with Gasteiger partial charge in [0.2, 0.25) is 0 Å². The summed E-state index contributed by atoms with van der Waals surface area (Å²) in [5, 5.41) is 4.16. The van der Waals surface area contributed by atoms with Gasteiger partial charge in [0.1, 0.15) is 11.5 Å². The van der Waals surface area contributed by atoms with Gasteiger partial charge in [-0.1, -0.05) is 18.2 Å². The predicted molar refractivity (Wildman–Crippen MR) is 150 cm³/mol. The zero-order valence-corrected chi connectivity index (χ0v) is 22.9. The van der Waals surface area contributed by atoms with E-state index < -0.39 is 0 Å². The van der Waals surface area contributed by atoms with Gasteiger partial charge in [0, 0.05) is 28.1 Å². The van der Waals surface area contributed by atoms with E-state index in [0.29, 0.717) is 10.9 Å². The van der Waals surface area contributed by atoms with Crippen LogP contribution >= 0.6 is 28.1 Å². The number of hydrogen-bond acceptors (Lipinski definition) is 4. The number of hydrogen-bond donors (Lipinski definition) is 1. The molecule has 5 rings (SSSR count). The first-order chi connectivity index (χ1) is 17.4. The lowest BCUT2D eigenvalue weighted by Gasteiger charge is -2.29. The van der Waals surface area contributed by atoms with Crippen molar-refractivity contribution in [1.29, 1.82) is 0 Å². The molecule has 0 spiro atoms. The second-order valence-electron chi connectivity index (χ2n) is 8.65. The Kier molecular flexibility index (Phi) is 6.73. The number of aryl methyl sites for hydroxylation is 1. The number of benzene rings is 2. The molecule has 2 atom stereocenters. The standard InChI is InChI=1S/C28H27BrN4O2S/c1-17-15-20(18(2)32(17)23-11-6-5-9-21(23)29)27-26(22-10-7-8-14-30-22)31-28(36)33(27)24-13-12-19(34-3)16-25(24)35-4/h5-16,26-27H,1-4H3,(H,31,36)/t26-,27+/m0/s1. The second-order valence-corrected chi connectivity index (χ2v) is 9.89. The van der Waals surface area contributed by atoms with E-state index in [1.807, 2.05) is 48.7 Å². The van der Waals surface area contributed by atoms with Gasteiger partial charge in [-0.3, -0.25) is 4.98 Å². The largest absolute Gasteiger partial charge is 0.497 e. The molecular weight excluding hydrogens is 536 g/mol. The van der Waals surface area contributed by atoms with E-state index in [4.69, 9.17) is 21.7 Å². The van der Waals surface area contributed by atoms with Crippen LogP contribution in [0.3, 0.4) is 0 Å². The molecule has 2 aromatic carbocycles. The Labute approximate surface area is 225 Å². The van der Waals surface area contributed by atoms with Gasteiger partial charge in [-0.2, -0.15) is 0 Å². The number of ether oxygens (including phenoxy) is 2. The van der Waals surface area contributed by atoms with Crippen LogP contribution in [0.2, 0.25) is 0 Å². The number of nitrogens with one attached hydrogen (secondary N) is 1. The third-order valence-corrected chi connectivity index (χ3v) is 7.61. The highest BCUT2D eigenvalue weighted by atomic mass is 79.9. The fraction of sp³-hybridized carbons (Fsp3) is 0.214. The van der Waals surface area contributed by atoms with E-state index in [9.17, 15) is 0 Å². The Morgan fingerprint density at radius 3 is 2.42 bits per heavy atom. The molecule has 0 aliphatic carbocycles. The Balaban J connectivity index is 1.71. The summed E-state index contributed by atoms with van der Waals surface area (Å²) in [5.41, 5.74) is 6.30. The summed E-state index contributed by atoms with van der Waals surface area (Å²) in [6.45, 7) is 4.28. The molecule has 2 aromatic heterocycles. The van der Waals surface area contributed by atoms with Crippen molar-refractivity contribution in [2.75, 3.05) is 19.1 Å². The molecule has 8 heteroatoms. The lowest BCUT2D eigenvalue weighted by atomic mass is 9.96. The van der Waals surface area contributed by atoms with E-state index in [0.717, 1.165) is 44.2 Å². The molecule has 1 aliphatic rings. The average Bonchev–Trinajstić information content (AvgIpc) is 3.39. The zero-order valence-electron chi connectivity index (χ0n) is 20.5. The van der Waals surface area contributed by atoms with Gasteiger partial charge in [0.05, 0.1) is 43.4 Å². The number of halogens is 1. The molecule has 4 aromatic rings. The maximum Gasteiger partial charge on any atom is 0.174 e. The first-order valence-corrected chi connectivity index (χ1v) is 12.8. The quantitative estimate of drug-likeness (QED) is 0.273. The van der Waals surface area contributed by atoms with Gasteiger partial charge in [-0.15, -0.1) is 0 Å². The third kappa shape index (κ3) is 4.14. The molecule has 6 nitrogen and oxygen atoms in total. The number of para-hydroxylation sites is 1. The van der Waals surface area contributed by atoms with Crippen molar-refractivity contribution in [3.05, 3.63) is 100 Å². The van der Waals surface area contributed by atoms with Gasteiger partial charge in [0.15, 0.2) is 5.11 Å². The molecule has 0 bridgehead atoms. The van der Waals surface area contributed by atoms with Gasteiger partial charge < -0.3 is 24.3 Å². The molecule has 1 aliphatic heterocycles. The van der Waals surface area contributed by atoms with E-state index in [1.54, 1.807) is 14.2 Å². The summed E-state index contributed by atoms with van der Waals surface area (Å²) in [7, 11) is 3.31. The normalized spacial score (nSPS) is 17.2. The molecule has 0 saturated carbocycles. The lowest BCUT2D eigenvalue weighted by molar-refractivity contribution is 0.394. The Morgan fingerprint density at radius 2 is 1.72 bits per heavy atom. The number of pyridine rings is 1. The summed E-state index contributed by atoms with van der Waals surface area (Å²) in [4.78, 5) is 6.82. The monoisotopic (exact) mass is 562 g/mol. The molecule has 0 amide bonds. The highest BCUT2D eigenvalue weighted by Crippen LogP contribution is 2.47. The Bertz CT molecular complexity index is 1420. The van der Waals surface area contributed by atoms with Gasteiger partial charge >= 0.3 is 0 Å². The van der Waals surface area contributed by atoms with Crippen molar-refractivity contribution in [1.82, 2.24) is 14.9 Å². The van der Waals surface area contributed by atoms with Crippen LogP contribution in [0.15, 0.2) is 77.4 Å². The third-order valence-electron chi connectivity index (χ3n) is 6.63. The highest BCUT2D eigenvalue weighted by molar-refractivity contribution is 9.10. The SMILES string of the molecule is COc1ccc(N2C(=S)N[C@@H](c3ccccn3)[C@H]2c2cc(C)n(-c3ccccc3Br)c2C)c(OC)c1. The molecular formula is C28H27BrN4O2S. The Hall–Kier alpha value is -3.36. The van der Waals surface area contributed by atoms with Crippen molar-refractivity contribution < 1.29 is 9.47 Å². The summed E-state index contributed by atoms with van der Waals surface area (Å²) < 4.78 is 14.5. The topological polar surface area (TPSA) is 51.5 Å². The first-order valence-electron chi connectivity index (χ1n) is 11.6. The van der Waals surface area contributed by atoms with Crippen LogP contribution in [0.25, 0.3) is 5.69 Å². The minimum atomic E-state index is -0.155. The van der Waals surface area contributed by atoms with Crippen LogP contribution in [0, 0.1) is 13.8 Å². The average molecular weight is 564 g/mol. The summed E-state index contributed by atoms with van der Waals surface area (Å²) in [6.07, 6.45) is 1.82. The van der Waals surface area contributed by atoms with Crippen LogP contribution in [-0.4, -0.2) is 28.9 Å². The number of aromatic nitrogens is 2. The zero-order chi connectivity index (χ0) is 25.4. The number of anilines is 1.